The Balaban J connectivity index is 2.02. The number of amides is 1. The van der Waals surface area contributed by atoms with E-state index >= 15 is 0 Å². The zero-order chi connectivity index (χ0) is 14.8. The smallest absolute Gasteiger partial charge is 0.256 e. The van der Waals surface area contributed by atoms with Gasteiger partial charge in [-0.3, -0.25) is 4.79 Å². The first-order valence-electron chi connectivity index (χ1n) is 6.26. The number of rotatable bonds is 2. The van der Waals surface area contributed by atoms with E-state index in [0.717, 1.165) is 9.86 Å². The lowest BCUT2D eigenvalue weighted by molar-refractivity contribution is 0.102. The van der Waals surface area contributed by atoms with Crippen LogP contribution in [0.25, 0.3) is 10.9 Å². The quantitative estimate of drug-likeness (QED) is 0.659. The summed E-state index contributed by atoms with van der Waals surface area (Å²) in [5.41, 5.74) is 1.92. The van der Waals surface area contributed by atoms with E-state index in [1.54, 1.807) is 6.07 Å². The molecule has 3 rings (SSSR count). The summed E-state index contributed by atoms with van der Waals surface area (Å²) in [7, 11) is 0. The largest absolute Gasteiger partial charge is 0.322 e. The van der Waals surface area contributed by atoms with E-state index < -0.39 is 0 Å². The molecule has 0 aliphatic carbocycles. The van der Waals surface area contributed by atoms with Crippen molar-refractivity contribution in [3.8, 4) is 0 Å². The minimum absolute atomic E-state index is 0.214. The SMILES string of the molecule is O=C(Nc1cccc(Br)c1)c1cc(Cl)nc2ccccc12. The molecule has 3 nitrogen and oxygen atoms in total. The van der Waals surface area contributed by atoms with Crippen LogP contribution in [0.5, 0.6) is 0 Å². The van der Waals surface area contributed by atoms with Crippen LogP contribution < -0.4 is 5.32 Å². The number of para-hydroxylation sites is 1. The fourth-order valence-corrected chi connectivity index (χ4v) is 2.70. The lowest BCUT2D eigenvalue weighted by Gasteiger charge is -2.08. The summed E-state index contributed by atoms with van der Waals surface area (Å²) in [6.07, 6.45) is 0. The number of fused-ring (bicyclic) bond motifs is 1. The lowest BCUT2D eigenvalue weighted by Crippen LogP contribution is -2.12. The van der Waals surface area contributed by atoms with Crippen LogP contribution >= 0.6 is 27.5 Å². The molecule has 0 bridgehead atoms. The topological polar surface area (TPSA) is 42.0 Å². The predicted octanol–water partition coefficient (Wildman–Crippen LogP) is 4.90. The van der Waals surface area contributed by atoms with Crippen molar-refractivity contribution in [2.45, 2.75) is 0 Å². The second-order valence-electron chi connectivity index (χ2n) is 4.47. The minimum atomic E-state index is -0.214. The number of aromatic nitrogens is 1. The molecule has 2 aromatic carbocycles. The van der Waals surface area contributed by atoms with Gasteiger partial charge in [0.05, 0.1) is 11.1 Å². The van der Waals surface area contributed by atoms with Gasteiger partial charge >= 0.3 is 0 Å². The fourth-order valence-electron chi connectivity index (χ4n) is 2.10. The normalized spacial score (nSPS) is 10.6. The molecule has 0 saturated carbocycles. The summed E-state index contributed by atoms with van der Waals surface area (Å²) in [5, 5.41) is 3.93. The maximum Gasteiger partial charge on any atom is 0.256 e. The summed E-state index contributed by atoms with van der Waals surface area (Å²) in [6.45, 7) is 0. The Morgan fingerprint density at radius 1 is 1.10 bits per heavy atom. The number of halogens is 2. The van der Waals surface area contributed by atoms with Gasteiger partial charge < -0.3 is 5.32 Å². The molecule has 0 spiro atoms. The zero-order valence-corrected chi connectivity index (χ0v) is 13.1. The molecule has 0 atom stereocenters. The molecule has 21 heavy (non-hydrogen) atoms. The number of hydrogen-bond acceptors (Lipinski definition) is 2. The van der Waals surface area contributed by atoms with E-state index in [1.807, 2.05) is 48.5 Å². The summed E-state index contributed by atoms with van der Waals surface area (Å²) < 4.78 is 0.901. The monoisotopic (exact) mass is 360 g/mol. The van der Waals surface area contributed by atoms with E-state index in [9.17, 15) is 4.79 Å². The van der Waals surface area contributed by atoms with Gasteiger partial charge in [0.25, 0.3) is 5.91 Å². The average molecular weight is 362 g/mol. The van der Waals surface area contributed by atoms with Crippen LogP contribution in [-0.4, -0.2) is 10.9 Å². The molecule has 1 heterocycles. The van der Waals surface area contributed by atoms with Crippen LogP contribution in [0.1, 0.15) is 10.4 Å². The van der Waals surface area contributed by atoms with Gasteiger partial charge in [-0.15, -0.1) is 0 Å². The maximum atomic E-state index is 12.5. The molecule has 5 heteroatoms. The summed E-state index contributed by atoms with van der Waals surface area (Å²) in [6, 6.07) is 16.4. The van der Waals surface area contributed by atoms with Gasteiger partial charge in [-0.05, 0) is 30.3 Å². The molecule has 3 aromatic rings. The standard InChI is InChI=1S/C16H10BrClN2O/c17-10-4-3-5-11(8-10)19-16(21)13-9-15(18)20-14-7-2-1-6-12(13)14/h1-9H,(H,19,21). The Bertz CT molecular complexity index is 835. The van der Waals surface area contributed by atoms with Gasteiger partial charge in [-0.1, -0.05) is 51.8 Å². The minimum Gasteiger partial charge on any atom is -0.322 e. The second kappa shape index (κ2) is 5.84. The van der Waals surface area contributed by atoms with E-state index in [0.29, 0.717) is 21.9 Å². The van der Waals surface area contributed by atoms with Crippen molar-refractivity contribution in [1.82, 2.24) is 4.98 Å². The number of hydrogen-bond donors (Lipinski definition) is 1. The summed E-state index contributed by atoms with van der Waals surface area (Å²) >= 11 is 9.37. The molecule has 1 N–H and O–H groups in total. The highest BCUT2D eigenvalue weighted by Gasteiger charge is 2.12. The number of nitrogens with zero attached hydrogens (tertiary/aromatic N) is 1. The molecule has 0 unspecified atom stereocenters. The Morgan fingerprint density at radius 3 is 2.71 bits per heavy atom. The van der Waals surface area contributed by atoms with Crippen molar-refractivity contribution < 1.29 is 4.79 Å². The maximum absolute atomic E-state index is 12.5. The van der Waals surface area contributed by atoms with Gasteiger partial charge in [0, 0.05) is 15.5 Å². The van der Waals surface area contributed by atoms with E-state index in [2.05, 4.69) is 26.2 Å². The van der Waals surface area contributed by atoms with Crippen molar-refractivity contribution in [2.24, 2.45) is 0 Å². The molecule has 0 radical (unpaired) electrons. The Kier molecular flexibility index (Phi) is 3.90. The van der Waals surface area contributed by atoms with Crippen LogP contribution in [0.2, 0.25) is 5.15 Å². The third kappa shape index (κ3) is 3.06. The number of nitrogens with one attached hydrogen (secondary N) is 1. The van der Waals surface area contributed by atoms with Crippen molar-refractivity contribution in [3.05, 3.63) is 69.8 Å². The van der Waals surface area contributed by atoms with Gasteiger partial charge in [-0.2, -0.15) is 0 Å². The van der Waals surface area contributed by atoms with Gasteiger partial charge in [0.15, 0.2) is 0 Å². The number of benzene rings is 2. The summed E-state index contributed by atoms with van der Waals surface area (Å²) in [5.74, 6) is -0.214. The first-order chi connectivity index (χ1) is 10.1. The first-order valence-corrected chi connectivity index (χ1v) is 7.43. The summed E-state index contributed by atoms with van der Waals surface area (Å²) in [4.78, 5) is 16.7. The zero-order valence-electron chi connectivity index (χ0n) is 10.8. The molecule has 1 aromatic heterocycles. The van der Waals surface area contributed by atoms with Gasteiger partial charge in [-0.25, -0.2) is 4.98 Å². The molecular weight excluding hydrogens is 352 g/mol. The van der Waals surface area contributed by atoms with Crippen LogP contribution in [0.3, 0.4) is 0 Å². The molecular formula is C16H10BrClN2O. The molecule has 0 fully saturated rings. The Morgan fingerprint density at radius 2 is 1.90 bits per heavy atom. The van der Waals surface area contributed by atoms with Crippen LogP contribution in [-0.2, 0) is 0 Å². The number of carbonyl (C=O) groups excluding carboxylic acids is 1. The third-order valence-electron chi connectivity index (χ3n) is 3.01. The van der Waals surface area contributed by atoms with Gasteiger partial charge in [0.2, 0.25) is 0 Å². The van der Waals surface area contributed by atoms with Crippen molar-refractivity contribution >= 4 is 50.0 Å². The molecule has 1 amide bonds. The molecule has 0 saturated heterocycles. The Hall–Kier alpha value is -1.91. The number of carbonyl (C=O) groups is 1. The van der Waals surface area contributed by atoms with E-state index in [-0.39, 0.29) is 5.91 Å². The molecule has 0 aliphatic heterocycles. The highest BCUT2D eigenvalue weighted by molar-refractivity contribution is 9.10. The predicted molar refractivity (Wildman–Crippen MR) is 88.8 cm³/mol. The highest BCUT2D eigenvalue weighted by atomic mass is 79.9. The van der Waals surface area contributed by atoms with Crippen molar-refractivity contribution in [2.75, 3.05) is 5.32 Å². The molecule has 104 valence electrons. The van der Waals surface area contributed by atoms with Crippen molar-refractivity contribution in [1.29, 1.82) is 0 Å². The fraction of sp³-hybridized carbons (Fsp3) is 0. The van der Waals surface area contributed by atoms with Crippen molar-refractivity contribution in [3.63, 3.8) is 0 Å². The van der Waals surface area contributed by atoms with E-state index in [1.165, 1.54) is 0 Å². The average Bonchev–Trinajstić information content (AvgIpc) is 2.46. The number of anilines is 1. The number of pyridine rings is 1. The second-order valence-corrected chi connectivity index (χ2v) is 5.78. The lowest BCUT2D eigenvalue weighted by atomic mass is 10.1. The Labute approximate surface area is 135 Å². The van der Waals surface area contributed by atoms with Crippen LogP contribution in [0.15, 0.2) is 59.1 Å². The van der Waals surface area contributed by atoms with E-state index in [4.69, 9.17) is 11.6 Å². The molecule has 0 aliphatic rings. The van der Waals surface area contributed by atoms with Crippen LogP contribution in [0.4, 0.5) is 5.69 Å². The third-order valence-corrected chi connectivity index (χ3v) is 3.70. The first kappa shape index (κ1) is 14.0. The van der Waals surface area contributed by atoms with Crippen LogP contribution in [0, 0.1) is 0 Å². The highest BCUT2D eigenvalue weighted by Crippen LogP contribution is 2.22. The van der Waals surface area contributed by atoms with Gasteiger partial charge in [0.1, 0.15) is 5.15 Å².